The number of nitrogens with zero attached hydrogens (tertiary/aromatic N) is 3. The second-order valence-corrected chi connectivity index (χ2v) is 4.43. The molecule has 0 amide bonds. The van der Waals surface area contributed by atoms with E-state index in [1.807, 2.05) is 10.9 Å². The third-order valence-electron chi connectivity index (χ3n) is 1.59. The van der Waals surface area contributed by atoms with Crippen LogP contribution < -0.4 is 5.32 Å². The Hall–Kier alpha value is -0.760. The van der Waals surface area contributed by atoms with Crippen molar-refractivity contribution in [2.24, 2.45) is 0 Å². The van der Waals surface area contributed by atoms with Crippen LogP contribution in [0.25, 0.3) is 0 Å². The van der Waals surface area contributed by atoms with Crippen LogP contribution in [-0.4, -0.2) is 15.0 Å². The fourth-order valence-corrected chi connectivity index (χ4v) is 1.99. The first-order valence-corrected chi connectivity index (χ1v) is 5.95. The monoisotopic (exact) mass is 318 g/mol. The molecule has 0 aliphatic heterocycles. The highest BCUT2D eigenvalue weighted by Crippen LogP contribution is 2.13. The van der Waals surface area contributed by atoms with E-state index in [4.69, 9.17) is 0 Å². The molecule has 0 radical (unpaired) electrons. The van der Waals surface area contributed by atoms with Crippen molar-refractivity contribution in [1.82, 2.24) is 15.0 Å². The van der Waals surface area contributed by atoms with E-state index in [-0.39, 0.29) is 0 Å². The summed E-state index contributed by atoms with van der Waals surface area (Å²) in [7, 11) is 0. The van der Waals surface area contributed by atoms with Crippen molar-refractivity contribution in [3.8, 4) is 0 Å². The summed E-state index contributed by atoms with van der Waals surface area (Å²) in [5, 5.41) is 5.22. The molecule has 0 aliphatic rings. The number of aromatic nitrogens is 3. The van der Waals surface area contributed by atoms with E-state index < -0.39 is 0 Å². The molecule has 1 N–H and O–H groups in total. The molecule has 72 valence electrons. The molecule has 2 rings (SSSR count). The minimum atomic E-state index is 0.705. The quantitative estimate of drug-likeness (QED) is 0.881. The van der Waals surface area contributed by atoms with Crippen molar-refractivity contribution in [2.75, 3.05) is 5.32 Å². The van der Waals surface area contributed by atoms with E-state index in [0.717, 1.165) is 15.1 Å². The first-order valence-electron chi connectivity index (χ1n) is 3.92. The third kappa shape index (κ3) is 2.38. The summed E-state index contributed by atoms with van der Waals surface area (Å²) in [6, 6.07) is 0. The maximum Gasteiger partial charge on any atom is 0.143 e. The molecule has 0 saturated heterocycles. The van der Waals surface area contributed by atoms with E-state index in [2.05, 4.69) is 42.9 Å². The van der Waals surface area contributed by atoms with Crippen molar-refractivity contribution in [2.45, 2.75) is 6.54 Å². The van der Waals surface area contributed by atoms with E-state index in [0.29, 0.717) is 6.54 Å². The number of anilines is 1. The zero-order chi connectivity index (χ0) is 9.80. The highest BCUT2D eigenvalue weighted by molar-refractivity contribution is 14.1. The van der Waals surface area contributed by atoms with Gasteiger partial charge in [-0.1, -0.05) is 0 Å². The van der Waals surface area contributed by atoms with Crippen LogP contribution in [-0.2, 0) is 6.54 Å². The predicted octanol–water partition coefficient (Wildman–Crippen LogP) is 2.15. The Morgan fingerprint density at radius 3 is 3.07 bits per heavy atom. The smallest absolute Gasteiger partial charge is 0.143 e. The summed E-state index contributed by atoms with van der Waals surface area (Å²) in [5.74, 6) is 0.855. The molecule has 0 spiro atoms. The standard InChI is InChI=1S/C8H7IN4S/c9-7-2-10-4-12-8(7)11-1-6-3-14-5-13-6/h2-5H,1H2,(H,10,11,12). The average molecular weight is 318 g/mol. The number of hydrogen-bond acceptors (Lipinski definition) is 5. The van der Waals surface area contributed by atoms with Crippen LogP contribution in [0, 0.1) is 3.57 Å². The van der Waals surface area contributed by atoms with Gasteiger partial charge in [0.2, 0.25) is 0 Å². The van der Waals surface area contributed by atoms with Gasteiger partial charge in [-0.2, -0.15) is 0 Å². The molecule has 2 heterocycles. The number of nitrogens with one attached hydrogen (secondary N) is 1. The van der Waals surface area contributed by atoms with Gasteiger partial charge >= 0.3 is 0 Å². The van der Waals surface area contributed by atoms with Gasteiger partial charge in [-0.05, 0) is 22.6 Å². The van der Waals surface area contributed by atoms with Crippen LogP contribution in [0.3, 0.4) is 0 Å². The number of halogens is 1. The van der Waals surface area contributed by atoms with Gasteiger partial charge < -0.3 is 5.32 Å². The van der Waals surface area contributed by atoms with Gasteiger partial charge in [0.05, 0.1) is 21.3 Å². The van der Waals surface area contributed by atoms with E-state index >= 15 is 0 Å². The van der Waals surface area contributed by atoms with Gasteiger partial charge in [-0.25, -0.2) is 15.0 Å². The van der Waals surface area contributed by atoms with Crippen LogP contribution in [0.15, 0.2) is 23.4 Å². The normalized spacial score (nSPS) is 10.1. The topological polar surface area (TPSA) is 50.7 Å². The molecule has 0 bridgehead atoms. The summed E-state index contributed by atoms with van der Waals surface area (Å²) < 4.78 is 1.01. The third-order valence-corrected chi connectivity index (χ3v) is 3.01. The lowest BCUT2D eigenvalue weighted by Gasteiger charge is -2.03. The molecular weight excluding hydrogens is 311 g/mol. The highest BCUT2D eigenvalue weighted by atomic mass is 127. The minimum absolute atomic E-state index is 0.705. The Morgan fingerprint density at radius 1 is 1.43 bits per heavy atom. The maximum absolute atomic E-state index is 4.17. The van der Waals surface area contributed by atoms with Gasteiger partial charge in [0.15, 0.2) is 0 Å². The summed E-state index contributed by atoms with van der Waals surface area (Å²) in [6.45, 7) is 0.705. The van der Waals surface area contributed by atoms with Crippen LogP contribution in [0.1, 0.15) is 5.69 Å². The van der Waals surface area contributed by atoms with Crippen LogP contribution in [0.5, 0.6) is 0 Å². The SMILES string of the molecule is Ic1cncnc1NCc1cscn1. The van der Waals surface area contributed by atoms with Crippen molar-refractivity contribution in [3.05, 3.63) is 32.7 Å². The van der Waals surface area contributed by atoms with E-state index in [1.54, 1.807) is 17.5 Å². The van der Waals surface area contributed by atoms with Gasteiger partial charge in [0.25, 0.3) is 0 Å². The molecule has 0 aromatic carbocycles. The number of thiazole rings is 1. The Kier molecular flexibility index (Phi) is 3.25. The summed E-state index contributed by atoms with van der Waals surface area (Å²) in [6.07, 6.45) is 3.31. The second-order valence-electron chi connectivity index (χ2n) is 2.55. The first-order chi connectivity index (χ1) is 6.86. The van der Waals surface area contributed by atoms with Gasteiger partial charge in [0, 0.05) is 11.6 Å². The lowest BCUT2D eigenvalue weighted by molar-refractivity contribution is 1.03. The summed E-state index contributed by atoms with van der Waals surface area (Å²) >= 11 is 3.79. The first kappa shape index (κ1) is 9.78. The molecule has 2 aromatic heterocycles. The number of hydrogen-bond donors (Lipinski definition) is 1. The molecule has 4 nitrogen and oxygen atoms in total. The van der Waals surface area contributed by atoms with Crippen LogP contribution in [0.2, 0.25) is 0 Å². The highest BCUT2D eigenvalue weighted by Gasteiger charge is 2.00. The van der Waals surface area contributed by atoms with E-state index in [9.17, 15) is 0 Å². The minimum Gasteiger partial charge on any atom is -0.363 e. The summed E-state index contributed by atoms with van der Waals surface area (Å²) in [4.78, 5) is 12.2. The lowest BCUT2D eigenvalue weighted by atomic mass is 10.4. The van der Waals surface area contributed by atoms with Crippen molar-refractivity contribution in [1.29, 1.82) is 0 Å². The fraction of sp³-hybridized carbons (Fsp3) is 0.125. The van der Waals surface area contributed by atoms with Crippen LogP contribution in [0.4, 0.5) is 5.82 Å². The number of rotatable bonds is 3. The summed E-state index contributed by atoms with van der Waals surface area (Å²) in [5.41, 5.74) is 2.85. The van der Waals surface area contributed by atoms with Gasteiger partial charge in [-0.3, -0.25) is 0 Å². The Balaban J connectivity index is 2.02. The molecular formula is C8H7IN4S. The molecule has 0 unspecified atom stereocenters. The predicted molar refractivity (Wildman–Crippen MR) is 64.2 cm³/mol. The molecule has 0 saturated carbocycles. The molecule has 6 heteroatoms. The average Bonchev–Trinajstić information content (AvgIpc) is 2.69. The van der Waals surface area contributed by atoms with Gasteiger partial charge in [-0.15, -0.1) is 11.3 Å². The zero-order valence-electron chi connectivity index (χ0n) is 7.14. The Morgan fingerprint density at radius 2 is 2.36 bits per heavy atom. The molecule has 0 fully saturated rings. The molecule has 0 aliphatic carbocycles. The lowest BCUT2D eigenvalue weighted by Crippen LogP contribution is -2.03. The largest absolute Gasteiger partial charge is 0.363 e. The second kappa shape index (κ2) is 4.65. The van der Waals surface area contributed by atoms with Crippen molar-refractivity contribution >= 4 is 39.7 Å². The Bertz CT molecular complexity index is 403. The fourth-order valence-electron chi connectivity index (χ4n) is 0.942. The van der Waals surface area contributed by atoms with Gasteiger partial charge in [0.1, 0.15) is 12.1 Å². The van der Waals surface area contributed by atoms with Crippen LogP contribution >= 0.6 is 33.9 Å². The maximum atomic E-state index is 4.17. The molecule has 2 aromatic rings. The molecule has 0 atom stereocenters. The zero-order valence-corrected chi connectivity index (χ0v) is 10.1. The van der Waals surface area contributed by atoms with E-state index in [1.165, 1.54) is 6.33 Å². The molecule has 14 heavy (non-hydrogen) atoms. The van der Waals surface area contributed by atoms with Crippen molar-refractivity contribution in [3.63, 3.8) is 0 Å². The Labute approximate surface area is 99.0 Å². The van der Waals surface area contributed by atoms with Crippen molar-refractivity contribution < 1.29 is 0 Å².